The Kier molecular flexibility index (Phi) is 4.85. The average Bonchev–Trinajstić information content (AvgIpc) is 2.80. The van der Waals surface area contributed by atoms with E-state index in [9.17, 15) is 21.6 Å². The van der Waals surface area contributed by atoms with Gasteiger partial charge in [-0.25, -0.2) is 21.6 Å². The highest BCUT2D eigenvalue weighted by atomic mass is 32.2. The van der Waals surface area contributed by atoms with Crippen molar-refractivity contribution >= 4 is 26.0 Å². The molecule has 23 heavy (non-hydrogen) atoms. The van der Waals surface area contributed by atoms with Crippen LogP contribution >= 0.6 is 0 Å². The van der Waals surface area contributed by atoms with Gasteiger partial charge in [0.2, 0.25) is 20.0 Å². The molecule has 0 unspecified atom stereocenters. The number of aryl methyl sites for hydroxylation is 1. The minimum absolute atomic E-state index is 0.00308. The molecule has 0 aliphatic carbocycles. The molecule has 11 heteroatoms. The highest BCUT2D eigenvalue weighted by Gasteiger charge is 2.31. The van der Waals surface area contributed by atoms with E-state index in [1.54, 1.807) is 7.05 Å². The first-order valence-electron chi connectivity index (χ1n) is 6.94. The van der Waals surface area contributed by atoms with Gasteiger partial charge in [-0.2, -0.15) is 4.31 Å². The fraction of sp³-hybridized carbons (Fsp3) is 0.583. The van der Waals surface area contributed by atoms with Crippen molar-refractivity contribution in [3.8, 4) is 0 Å². The Balaban J connectivity index is 2.13. The molecule has 0 saturated carbocycles. The van der Waals surface area contributed by atoms with E-state index in [1.165, 1.54) is 21.1 Å². The van der Waals surface area contributed by atoms with Gasteiger partial charge in [0.25, 0.3) is 5.91 Å². The van der Waals surface area contributed by atoms with Crippen LogP contribution in [-0.4, -0.2) is 57.0 Å². The summed E-state index contributed by atoms with van der Waals surface area (Å²) in [5.74, 6) is -0.704. The normalized spacial score (nSPS) is 18.2. The van der Waals surface area contributed by atoms with Gasteiger partial charge in [0.15, 0.2) is 0 Å². The van der Waals surface area contributed by atoms with E-state index in [0.717, 1.165) is 6.26 Å². The molecule has 1 aromatic heterocycles. The lowest BCUT2D eigenvalue weighted by Crippen LogP contribution is -2.46. The molecule has 1 fully saturated rings. The molecule has 0 spiro atoms. The molecule has 2 rings (SSSR count). The van der Waals surface area contributed by atoms with E-state index in [2.05, 4.69) is 4.72 Å². The largest absolute Gasteiger partial charge is 0.364 e. The van der Waals surface area contributed by atoms with Crippen molar-refractivity contribution in [2.45, 2.75) is 23.8 Å². The maximum absolute atomic E-state index is 12.6. The van der Waals surface area contributed by atoms with Crippen molar-refractivity contribution in [2.75, 3.05) is 19.3 Å². The molecular weight excluding hydrogens is 344 g/mol. The predicted molar refractivity (Wildman–Crippen MR) is 83.7 cm³/mol. The van der Waals surface area contributed by atoms with Gasteiger partial charge in [-0.3, -0.25) is 4.79 Å². The molecule has 1 aromatic rings. The van der Waals surface area contributed by atoms with E-state index < -0.39 is 26.0 Å². The molecule has 0 bridgehead atoms. The maximum Gasteiger partial charge on any atom is 0.265 e. The summed E-state index contributed by atoms with van der Waals surface area (Å²) in [6, 6.07) is 0.979. The van der Waals surface area contributed by atoms with Crippen LogP contribution in [0.15, 0.2) is 17.2 Å². The van der Waals surface area contributed by atoms with Crippen molar-refractivity contribution < 1.29 is 21.6 Å². The molecule has 0 radical (unpaired) electrons. The lowest BCUT2D eigenvalue weighted by atomic mass is 10.1. The minimum Gasteiger partial charge on any atom is -0.364 e. The Morgan fingerprint density at radius 1 is 1.26 bits per heavy atom. The second-order valence-corrected chi connectivity index (χ2v) is 9.32. The number of sulfonamides is 2. The number of aromatic nitrogens is 1. The number of carbonyl (C=O) groups excluding carboxylic acids is 1. The lowest BCUT2D eigenvalue weighted by Gasteiger charge is -2.30. The number of hydrogen-bond acceptors (Lipinski definition) is 5. The van der Waals surface area contributed by atoms with Crippen LogP contribution in [0.2, 0.25) is 0 Å². The van der Waals surface area contributed by atoms with E-state index in [4.69, 9.17) is 5.73 Å². The molecular formula is C12H20N4O5S2. The Morgan fingerprint density at radius 2 is 1.83 bits per heavy atom. The zero-order chi connectivity index (χ0) is 17.4. The number of nitrogens with zero attached hydrogens (tertiary/aromatic N) is 2. The van der Waals surface area contributed by atoms with Gasteiger partial charge in [0, 0.05) is 32.4 Å². The summed E-state index contributed by atoms with van der Waals surface area (Å²) in [6.07, 6.45) is 3.20. The van der Waals surface area contributed by atoms with Crippen LogP contribution in [0.25, 0.3) is 0 Å². The van der Waals surface area contributed by atoms with Gasteiger partial charge in [-0.1, -0.05) is 0 Å². The summed E-state index contributed by atoms with van der Waals surface area (Å²) in [6.45, 7) is 0.409. The third-order valence-electron chi connectivity index (χ3n) is 3.70. The SMILES string of the molecule is Cn1cc(S(=O)(=O)N2CCC(NS(C)(=O)=O)CC2)cc1C(N)=O. The van der Waals surface area contributed by atoms with E-state index in [1.807, 2.05) is 0 Å². The molecule has 1 saturated heterocycles. The number of carbonyl (C=O) groups is 1. The summed E-state index contributed by atoms with van der Waals surface area (Å²) in [5.41, 5.74) is 5.30. The summed E-state index contributed by atoms with van der Waals surface area (Å²) in [4.78, 5) is 11.2. The quantitative estimate of drug-likeness (QED) is 0.679. The Bertz CT molecular complexity index is 805. The molecule has 2 heterocycles. The number of nitrogens with two attached hydrogens (primary N) is 1. The number of rotatable bonds is 5. The van der Waals surface area contributed by atoms with Crippen LogP contribution in [0, 0.1) is 0 Å². The maximum atomic E-state index is 12.6. The van der Waals surface area contributed by atoms with E-state index in [-0.39, 0.29) is 29.7 Å². The molecule has 3 N–H and O–H groups in total. The summed E-state index contributed by atoms with van der Waals surface area (Å²) in [5, 5.41) is 0. The Morgan fingerprint density at radius 3 is 2.26 bits per heavy atom. The van der Waals surface area contributed by atoms with Crippen LogP contribution in [0.3, 0.4) is 0 Å². The number of nitrogens with one attached hydrogen (secondary N) is 1. The fourth-order valence-electron chi connectivity index (χ4n) is 2.59. The monoisotopic (exact) mass is 364 g/mol. The molecule has 0 aromatic carbocycles. The molecule has 130 valence electrons. The molecule has 0 atom stereocenters. The topological polar surface area (TPSA) is 132 Å². The average molecular weight is 364 g/mol. The Hall–Kier alpha value is -1.43. The smallest absolute Gasteiger partial charge is 0.265 e. The van der Waals surface area contributed by atoms with Crippen molar-refractivity contribution in [1.29, 1.82) is 0 Å². The number of hydrogen-bond donors (Lipinski definition) is 2. The Labute approximate surface area is 135 Å². The highest BCUT2D eigenvalue weighted by Crippen LogP contribution is 2.22. The number of amides is 1. The summed E-state index contributed by atoms with van der Waals surface area (Å²) < 4.78 is 52.7. The van der Waals surface area contributed by atoms with E-state index in [0.29, 0.717) is 12.8 Å². The summed E-state index contributed by atoms with van der Waals surface area (Å²) in [7, 11) is -5.51. The predicted octanol–water partition coefficient (Wildman–Crippen LogP) is -1.17. The van der Waals surface area contributed by atoms with Gasteiger partial charge < -0.3 is 10.3 Å². The second-order valence-electron chi connectivity index (χ2n) is 5.60. The standard InChI is InChI=1S/C12H20N4O5S2/c1-15-8-10(7-11(15)12(13)17)23(20,21)16-5-3-9(4-6-16)14-22(2,18)19/h7-9,14H,3-6H2,1-2H3,(H2,13,17). The van der Waals surface area contributed by atoms with Crippen LogP contribution in [0.1, 0.15) is 23.3 Å². The molecule has 1 aliphatic rings. The van der Waals surface area contributed by atoms with E-state index >= 15 is 0 Å². The first kappa shape index (κ1) is 17.9. The first-order valence-corrected chi connectivity index (χ1v) is 10.3. The second kappa shape index (κ2) is 6.23. The van der Waals surface area contributed by atoms with Crippen LogP contribution in [0.5, 0.6) is 0 Å². The third kappa shape index (κ3) is 4.10. The van der Waals surface area contributed by atoms with Gasteiger partial charge >= 0.3 is 0 Å². The van der Waals surface area contributed by atoms with Gasteiger partial charge in [-0.05, 0) is 18.9 Å². The van der Waals surface area contributed by atoms with Crippen molar-refractivity contribution in [3.05, 3.63) is 18.0 Å². The highest BCUT2D eigenvalue weighted by molar-refractivity contribution is 7.89. The summed E-state index contributed by atoms with van der Waals surface area (Å²) >= 11 is 0. The zero-order valence-corrected chi connectivity index (χ0v) is 14.5. The number of primary amides is 1. The zero-order valence-electron chi connectivity index (χ0n) is 12.9. The van der Waals surface area contributed by atoms with Crippen molar-refractivity contribution in [2.24, 2.45) is 12.8 Å². The van der Waals surface area contributed by atoms with Crippen LogP contribution in [-0.2, 0) is 27.1 Å². The van der Waals surface area contributed by atoms with Crippen molar-refractivity contribution in [3.63, 3.8) is 0 Å². The first-order chi connectivity index (χ1) is 10.5. The van der Waals surface area contributed by atoms with Crippen LogP contribution in [0.4, 0.5) is 0 Å². The number of piperidine rings is 1. The third-order valence-corrected chi connectivity index (χ3v) is 6.33. The van der Waals surface area contributed by atoms with Gasteiger partial charge in [0.1, 0.15) is 10.6 Å². The van der Waals surface area contributed by atoms with Gasteiger partial charge in [0.05, 0.1) is 6.26 Å². The molecule has 9 nitrogen and oxygen atoms in total. The van der Waals surface area contributed by atoms with Gasteiger partial charge in [-0.15, -0.1) is 0 Å². The van der Waals surface area contributed by atoms with Crippen LogP contribution < -0.4 is 10.5 Å². The fourth-order valence-corrected chi connectivity index (χ4v) is 4.97. The lowest BCUT2D eigenvalue weighted by molar-refractivity contribution is 0.0992. The molecule has 1 aliphatic heterocycles. The van der Waals surface area contributed by atoms with Crippen molar-refractivity contribution in [1.82, 2.24) is 13.6 Å². The molecule has 1 amide bonds. The minimum atomic E-state index is -3.74.